The van der Waals surface area contributed by atoms with Crippen LogP contribution in [0.4, 0.5) is 10.8 Å². The van der Waals surface area contributed by atoms with E-state index in [-0.39, 0.29) is 11.6 Å². The molecule has 7 nitrogen and oxygen atoms in total. The van der Waals surface area contributed by atoms with E-state index >= 15 is 0 Å². The highest BCUT2D eigenvalue weighted by atomic mass is 32.2. The topological polar surface area (TPSA) is 98.0 Å². The first-order valence-electron chi connectivity index (χ1n) is 8.84. The van der Waals surface area contributed by atoms with Gasteiger partial charge in [0.1, 0.15) is 0 Å². The minimum atomic E-state index is -0.475. The number of carbonyl (C=O) groups is 1. The molecule has 0 aliphatic carbocycles. The molecule has 0 unspecified atom stereocenters. The fraction of sp³-hybridized carbons (Fsp3) is 0.150. The van der Waals surface area contributed by atoms with Crippen molar-refractivity contribution >= 4 is 45.9 Å². The van der Waals surface area contributed by atoms with Crippen molar-refractivity contribution in [2.45, 2.75) is 17.2 Å². The number of carbonyl (C=O) groups excluding carboxylic acids is 1. The Morgan fingerprint density at radius 3 is 2.79 bits per heavy atom. The molecule has 0 bridgehead atoms. The Hall–Kier alpha value is -3.04. The number of nitrogens with zero attached hydrogens (tertiary/aromatic N) is 3. The molecule has 29 heavy (non-hydrogen) atoms. The summed E-state index contributed by atoms with van der Waals surface area (Å²) in [6.45, 7) is 0. The van der Waals surface area contributed by atoms with Crippen LogP contribution in [0, 0.1) is 10.1 Å². The molecule has 1 amide bonds. The number of hydrogen-bond acceptors (Lipinski definition) is 7. The van der Waals surface area contributed by atoms with Crippen LogP contribution in [0.3, 0.4) is 0 Å². The number of rotatable bonds is 9. The maximum absolute atomic E-state index is 12.0. The molecule has 3 aromatic rings. The zero-order chi connectivity index (χ0) is 20.5. The van der Waals surface area contributed by atoms with Gasteiger partial charge in [0, 0.05) is 24.0 Å². The van der Waals surface area contributed by atoms with Crippen molar-refractivity contribution in [3.8, 4) is 0 Å². The normalized spacial score (nSPS) is 10.9. The summed E-state index contributed by atoms with van der Waals surface area (Å²) in [5.41, 5.74) is 1.86. The van der Waals surface area contributed by atoms with Gasteiger partial charge in [0.15, 0.2) is 4.34 Å². The molecule has 1 aromatic heterocycles. The molecule has 0 atom stereocenters. The smallest absolute Gasteiger partial charge is 0.270 e. The van der Waals surface area contributed by atoms with Crippen molar-refractivity contribution < 1.29 is 9.72 Å². The molecule has 3 rings (SSSR count). The molecule has 0 aliphatic heterocycles. The van der Waals surface area contributed by atoms with Crippen LogP contribution in [0.5, 0.6) is 0 Å². The Labute approximate surface area is 176 Å². The van der Waals surface area contributed by atoms with E-state index in [0.29, 0.717) is 10.7 Å². The SMILES string of the molecule is O=C(/C=C/c1cccc([N+](=O)[O-])c1)Nc1nnc(SCCCc2ccccc2)s1. The number of nitro groups is 1. The summed E-state index contributed by atoms with van der Waals surface area (Å²) < 4.78 is 0.802. The molecule has 0 saturated carbocycles. The zero-order valence-electron chi connectivity index (χ0n) is 15.4. The van der Waals surface area contributed by atoms with Gasteiger partial charge in [-0.05, 0) is 30.0 Å². The number of thioether (sulfide) groups is 1. The number of nitrogens with one attached hydrogen (secondary N) is 1. The summed E-state index contributed by atoms with van der Waals surface area (Å²) in [5, 5.41) is 21.9. The average molecular weight is 427 g/mol. The van der Waals surface area contributed by atoms with Crippen LogP contribution < -0.4 is 5.32 Å². The molecule has 0 spiro atoms. The van der Waals surface area contributed by atoms with Crippen LogP contribution in [-0.4, -0.2) is 26.8 Å². The second-order valence-corrected chi connectivity index (χ2v) is 8.30. The van der Waals surface area contributed by atoms with E-state index in [2.05, 4.69) is 27.6 Å². The average Bonchev–Trinajstić information content (AvgIpc) is 3.18. The van der Waals surface area contributed by atoms with Gasteiger partial charge in [0.2, 0.25) is 11.0 Å². The summed E-state index contributed by atoms with van der Waals surface area (Å²) in [6, 6.07) is 16.4. The Kier molecular flexibility index (Phi) is 7.48. The van der Waals surface area contributed by atoms with Crippen molar-refractivity contribution in [1.82, 2.24) is 10.2 Å². The van der Waals surface area contributed by atoms with Crippen LogP contribution in [0.1, 0.15) is 17.5 Å². The summed E-state index contributed by atoms with van der Waals surface area (Å²) >= 11 is 2.93. The molecule has 0 saturated heterocycles. The van der Waals surface area contributed by atoms with Crippen LogP contribution in [0.25, 0.3) is 6.08 Å². The lowest BCUT2D eigenvalue weighted by molar-refractivity contribution is -0.384. The van der Waals surface area contributed by atoms with Gasteiger partial charge in [-0.15, -0.1) is 10.2 Å². The fourth-order valence-electron chi connectivity index (χ4n) is 2.46. The molecule has 148 valence electrons. The summed E-state index contributed by atoms with van der Waals surface area (Å²) in [4.78, 5) is 22.3. The number of benzene rings is 2. The predicted octanol–water partition coefficient (Wildman–Crippen LogP) is 4.82. The van der Waals surface area contributed by atoms with Gasteiger partial charge in [-0.3, -0.25) is 20.2 Å². The fourth-order valence-corrected chi connectivity index (χ4v) is 4.22. The number of hydrogen-bond donors (Lipinski definition) is 1. The number of nitro benzene ring substituents is 1. The van der Waals surface area contributed by atoms with E-state index in [1.807, 2.05) is 18.2 Å². The molecule has 1 heterocycles. The van der Waals surface area contributed by atoms with Gasteiger partial charge in [-0.1, -0.05) is 65.6 Å². The number of aromatic nitrogens is 2. The van der Waals surface area contributed by atoms with E-state index in [9.17, 15) is 14.9 Å². The molecular formula is C20H18N4O3S2. The molecule has 0 aliphatic rings. The van der Waals surface area contributed by atoms with Crippen LogP contribution in [0.2, 0.25) is 0 Å². The van der Waals surface area contributed by atoms with E-state index in [1.165, 1.54) is 41.2 Å². The zero-order valence-corrected chi connectivity index (χ0v) is 17.0. The first kappa shape index (κ1) is 20.7. The van der Waals surface area contributed by atoms with Gasteiger partial charge in [0.05, 0.1) is 4.92 Å². The van der Waals surface area contributed by atoms with Crippen LogP contribution in [-0.2, 0) is 11.2 Å². The third kappa shape index (κ3) is 6.81. The monoisotopic (exact) mass is 426 g/mol. The number of amides is 1. The van der Waals surface area contributed by atoms with Gasteiger partial charge in [-0.2, -0.15) is 0 Å². The van der Waals surface area contributed by atoms with Crippen LogP contribution >= 0.6 is 23.1 Å². The largest absolute Gasteiger partial charge is 0.297 e. The summed E-state index contributed by atoms with van der Waals surface area (Å²) in [7, 11) is 0. The quantitative estimate of drug-likeness (QED) is 0.131. The maximum atomic E-state index is 12.0. The standard InChI is InChI=1S/C20H18N4O3S2/c25-18(12-11-16-8-4-10-17(14-16)24(26)27)21-19-22-23-20(29-19)28-13-5-9-15-6-2-1-3-7-15/h1-4,6-8,10-12,14H,5,9,13H2,(H,21,22,25)/b12-11+. The molecular weight excluding hydrogens is 408 g/mol. The van der Waals surface area contributed by atoms with E-state index in [4.69, 9.17) is 0 Å². The van der Waals surface area contributed by atoms with Gasteiger partial charge < -0.3 is 0 Å². The van der Waals surface area contributed by atoms with Crippen molar-refractivity contribution in [2.75, 3.05) is 11.1 Å². The Morgan fingerprint density at radius 1 is 1.17 bits per heavy atom. The van der Waals surface area contributed by atoms with Crippen molar-refractivity contribution in [2.24, 2.45) is 0 Å². The van der Waals surface area contributed by atoms with E-state index < -0.39 is 4.92 Å². The third-order valence-corrected chi connectivity index (χ3v) is 5.88. The highest BCUT2D eigenvalue weighted by Gasteiger charge is 2.08. The predicted molar refractivity (Wildman–Crippen MR) is 116 cm³/mol. The van der Waals surface area contributed by atoms with Crippen molar-refractivity contribution in [1.29, 1.82) is 0 Å². The number of anilines is 1. The lowest BCUT2D eigenvalue weighted by atomic mass is 10.1. The highest BCUT2D eigenvalue weighted by Crippen LogP contribution is 2.26. The number of aryl methyl sites for hydroxylation is 1. The molecule has 9 heteroatoms. The van der Waals surface area contributed by atoms with E-state index in [0.717, 1.165) is 22.9 Å². The van der Waals surface area contributed by atoms with Gasteiger partial charge in [-0.25, -0.2) is 0 Å². The van der Waals surface area contributed by atoms with Crippen molar-refractivity contribution in [3.05, 3.63) is 81.9 Å². The maximum Gasteiger partial charge on any atom is 0.270 e. The summed E-state index contributed by atoms with van der Waals surface area (Å²) in [6.07, 6.45) is 4.87. The Balaban J connectivity index is 1.45. The van der Waals surface area contributed by atoms with Crippen LogP contribution in [0.15, 0.2) is 65.0 Å². The Morgan fingerprint density at radius 2 is 2.00 bits per heavy atom. The third-order valence-electron chi connectivity index (χ3n) is 3.82. The van der Waals surface area contributed by atoms with Gasteiger partial charge in [0.25, 0.3) is 5.69 Å². The first-order valence-corrected chi connectivity index (χ1v) is 10.6. The molecule has 0 radical (unpaired) electrons. The van der Waals surface area contributed by atoms with Crippen molar-refractivity contribution in [3.63, 3.8) is 0 Å². The molecule has 0 fully saturated rings. The minimum Gasteiger partial charge on any atom is -0.297 e. The lowest BCUT2D eigenvalue weighted by Crippen LogP contribution is -2.07. The highest BCUT2D eigenvalue weighted by molar-refractivity contribution is 8.01. The molecule has 2 aromatic carbocycles. The first-order chi connectivity index (χ1) is 14.1. The molecule has 1 N–H and O–H groups in total. The summed E-state index contributed by atoms with van der Waals surface area (Å²) in [5.74, 6) is 0.553. The number of non-ortho nitro benzene ring substituents is 1. The van der Waals surface area contributed by atoms with Gasteiger partial charge >= 0.3 is 0 Å². The lowest BCUT2D eigenvalue weighted by Gasteiger charge is -1.99. The minimum absolute atomic E-state index is 0.0226. The second kappa shape index (κ2) is 10.5. The van der Waals surface area contributed by atoms with E-state index in [1.54, 1.807) is 23.9 Å². The Bertz CT molecular complexity index is 1010. The second-order valence-electron chi connectivity index (χ2n) is 5.99.